The number of nitrogens with zero attached hydrogens (tertiary/aromatic N) is 2. The molecule has 1 aromatic carbocycles. The molecule has 0 aromatic heterocycles. The lowest BCUT2D eigenvalue weighted by Gasteiger charge is -2.04. The van der Waals surface area contributed by atoms with Crippen LogP contribution in [0.3, 0.4) is 0 Å². The number of hydrogen-bond donors (Lipinski definition) is 0. The van der Waals surface area contributed by atoms with E-state index in [1.165, 1.54) is 0 Å². The first-order chi connectivity index (χ1) is 5.58. The van der Waals surface area contributed by atoms with Gasteiger partial charge in [-0.3, -0.25) is 0 Å². The summed E-state index contributed by atoms with van der Waals surface area (Å²) >= 11 is 0. The Hall–Kier alpha value is -0.963. The maximum atomic E-state index is 4.29. The molecule has 0 saturated heterocycles. The van der Waals surface area contributed by atoms with Crippen LogP contribution in [0.2, 0.25) is 19.6 Å². The van der Waals surface area contributed by atoms with Crippen molar-refractivity contribution in [3.63, 3.8) is 0 Å². The van der Waals surface area contributed by atoms with Crippen LogP contribution in [0.25, 0.3) is 0 Å². The van der Waals surface area contributed by atoms with Crippen LogP contribution < -0.4 is 0 Å². The quantitative estimate of drug-likeness (QED) is 0.488. The van der Waals surface area contributed by atoms with Crippen LogP contribution in [0.1, 0.15) is 0 Å². The van der Waals surface area contributed by atoms with Gasteiger partial charge in [0.05, 0.1) is 5.69 Å². The van der Waals surface area contributed by atoms with Gasteiger partial charge in [-0.25, -0.2) is 4.78 Å². The van der Waals surface area contributed by atoms with Gasteiger partial charge in [-0.1, -0.05) is 18.2 Å². The monoisotopic (exact) mass is 178 g/mol. The largest absolute Gasteiger partial charge is 0.234 e. The third-order valence-corrected chi connectivity index (χ3v) is 1.92. The predicted molar refractivity (Wildman–Crippen MR) is 54.3 cm³/mol. The number of benzene rings is 1. The van der Waals surface area contributed by atoms with E-state index in [0.29, 0.717) is 0 Å². The Morgan fingerprint density at radius 2 is 1.58 bits per heavy atom. The van der Waals surface area contributed by atoms with Crippen LogP contribution in [-0.4, -0.2) is 8.24 Å². The fourth-order valence-electron chi connectivity index (χ4n) is 0.702. The molecule has 0 N–H and O–H groups in total. The van der Waals surface area contributed by atoms with Gasteiger partial charge in [-0.05, 0) is 31.8 Å². The molecule has 0 aliphatic carbocycles. The maximum absolute atomic E-state index is 4.29. The first-order valence-electron chi connectivity index (χ1n) is 4.06. The highest BCUT2D eigenvalue weighted by atomic mass is 28.3. The van der Waals surface area contributed by atoms with Gasteiger partial charge < -0.3 is 0 Å². The zero-order chi connectivity index (χ0) is 9.03. The molecule has 2 nitrogen and oxygen atoms in total. The van der Waals surface area contributed by atoms with Crippen molar-refractivity contribution in [2.75, 3.05) is 0 Å². The lowest BCUT2D eigenvalue weighted by Crippen LogP contribution is -2.14. The molecule has 3 heteroatoms. The van der Waals surface area contributed by atoms with Gasteiger partial charge in [0.25, 0.3) is 0 Å². The van der Waals surface area contributed by atoms with Crippen molar-refractivity contribution in [2.45, 2.75) is 19.6 Å². The summed E-state index contributed by atoms with van der Waals surface area (Å²) in [6.07, 6.45) is 0. The molecule has 1 aromatic rings. The summed E-state index contributed by atoms with van der Waals surface area (Å²) in [6, 6.07) is 9.85. The van der Waals surface area contributed by atoms with E-state index < -0.39 is 8.24 Å². The van der Waals surface area contributed by atoms with Crippen molar-refractivity contribution < 1.29 is 0 Å². The molecule has 0 amide bonds. The van der Waals surface area contributed by atoms with E-state index in [1.54, 1.807) is 0 Å². The summed E-state index contributed by atoms with van der Waals surface area (Å²) in [5.74, 6) is 0. The van der Waals surface area contributed by atoms with E-state index in [1.807, 2.05) is 30.3 Å². The Kier molecular flexibility index (Phi) is 2.76. The third kappa shape index (κ3) is 3.43. The van der Waals surface area contributed by atoms with Gasteiger partial charge in [0.15, 0.2) is 0 Å². The Bertz CT molecular complexity index is 262. The average Bonchev–Trinajstić information content (AvgIpc) is 2.02. The summed E-state index contributed by atoms with van der Waals surface area (Å²) < 4.78 is 4.29. The molecule has 0 atom stereocenters. The average molecular weight is 178 g/mol. The van der Waals surface area contributed by atoms with E-state index in [0.717, 1.165) is 5.69 Å². The zero-order valence-electron chi connectivity index (χ0n) is 7.78. The van der Waals surface area contributed by atoms with Crippen molar-refractivity contribution in [1.82, 2.24) is 0 Å². The highest BCUT2D eigenvalue weighted by Gasteiger charge is 2.10. The molecular formula is C9H14N2Si. The summed E-state index contributed by atoms with van der Waals surface area (Å²) in [5.41, 5.74) is 0.944. The predicted octanol–water partition coefficient (Wildman–Crippen LogP) is 3.61. The normalized spacial score (nSPS) is 12.2. The molecule has 12 heavy (non-hydrogen) atoms. The molecule has 0 bridgehead atoms. The molecule has 1 rings (SSSR count). The van der Waals surface area contributed by atoms with Crippen LogP contribution >= 0.6 is 0 Å². The van der Waals surface area contributed by atoms with Crippen LogP contribution in [0.5, 0.6) is 0 Å². The Balaban J connectivity index is 2.71. The topological polar surface area (TPSA) is 24.7 Å². The summed E-state index contributed by atoms with van der Waals surface area (Å²) in [5, 5.41) is 4.16. The van der Waals surface area contributed by atoms with E-state index in [2.05, 4.69) is 29.5 Å². The van der Waals surface area contributed by atoms with Gasteiger partial charge in [-0.15, -0.1) is 0 Å². The van der Waals surface area contributed by atoms with E-state index in [9.17, 15) is 0 Å². The van der Waals surface area contributed by atoms with Gasteiger partial charge in [0.2, 0.25) is 8.24 Å². The highest BCUT2D eigenvalue weighted by Crippen LogP contribution is 2.13. The molecule has 0 heterocycles. The number of hydrogen-bond acceptors (Lipinski definition) is 2. The van der Waals surface area contributed by atoms with Crippen molar-refractivity contribution in [2.24, 2.45) is 9.89 Å². The van der Waals surface area contributed by atoms with Crippen molar-refractivity contribution in [1.29, 1.82) is 0 Å². The second kappa shape index (κ2) is 3.63. The molecule has 0 unspecified atom stereocenters. The Labute approximate surface area is 74.4 Å². The molecule has 0 fully saturated rings. The standard InChI is InChI=1S/C9H14N2Si/c1-12(2,3)11-10-9-7-5-4-6-8-9/h4-8H,1-3H3. The Morgan fingerprint density at radius 1 is 1.00 bits per heavy atom. The molecule has 0 spiro atoms. The minimum Gasteiger partial charge on any atom is -0.234 e. The molecule has 0 radical (unpaired) electrons. The fraction of sp³-hybridized carbons (Fsp3) is 0.333. The van der Waals surface area contributed by atoms with Crippen LogP contribution in [0, 0.1) is 0 Å². The van der Waals surface area contributed by atoms with E-state index >= 15 is 0 Å². The second-order valence-corrected chi connectivity index (χ2v) is 8.25. The minimum absolute atomic E-state index is 0.944. The van der Waals surface area contributed by atoms with Crippen LogP contribution in [0.15, 0.2) is 40.2 Å². The lowest BCUT2D eigenvalue weighted by molar-refractivity contribution is 1.26. The molecular weight excluding hydrogens is 164 g/mol. The van der Waals surface area contributed by atoms with Gasteiger partial charge in [-0.2, -0.15) is 5.11 Å². The van der Waals surface area contributed by atoms with Crippen molar-refractivity contribution in [3.05, 3.63) is 30.3 Å². The van der Waals surface area contributed by atoms with Gasteiger partial charge in [0.1, 0.15) is 0 Å². The Morgan fingerprint density at radius 3 is 2.08 bits per heavy atom. The maximum Gasteiger partial charge on any atom is 0.200 e. The summed E-state index contributed by atoms with van der Waals surface area (Å²) in [6.45, 7) is 6.50. The minimum atomic E-state index is -1.38. The molecule has 0 aliphatic rings. The van der Waals surface area contributed by atoms with Gasteiger partial charge >= 0.3 is 0 Å². The van der Waals surface area contributed by atoms with Crippen LogP contribution in [-0.2, 0) is 0 Å². The van der Waals surface area contributed by atoms with Crippen molar-refractivity contribution in [3.8, 4) is 0 Å². The third-order valence-electron chi connectivity index (χ3n) is 1.22. The van der Waals surface area contributed by atoms with Crippen molar-refractivity contribution >= 4 is 13.9 Å². The molecule has 0 aliphatic heterocycles. The molecule has 64 valence electrons. The SMILES string of the molecule is C[Si](C)(C)N=Nc1ccccc1. The lowest BCUT2D eigenvalue weighted by atomic mass is 10.3. The summed E-state index contributed by atoms with van der Waals surface area (Å²) in [4.78, 5) is 0. The first kappa shape index (κ1) is 9.13. The first-order valence-corrected chi connectivity index (χ1v) is 7.51. The number of rotatable bonds is 2. The van der Waals surface area contributed by atoms with E-state index in [-0.39, 0.29) is 0 Å². The zero-order valence-corrected chi connectivity index (χ0v) is 8.78. The van der Waals surface area contributed by atoms with Gasteiger partial charge in [0, 0.05) is 0 Å². The summed E-state index contributed by atoms with van der Waals surface area (Å²) in [7, 11) is -1.38. The van der Waals surface area contributed by atoms with Crippen LogP contribution in [0.4, 0.5) is 5.69 Å². The highest BCUT2D eigenvalue weighted by molar-refractivity contribution is 6.74. The smallest absolute Gasteiger partial charge is 0.200 e. The second-order valence-electron chi connectivity index (χ2n) is 3.71. The van der Waals surface area contributed by atoms with E-state index in [4.69, 9.17) is 0 Å². The fourth-order valence-corrected chi connectivity index (χ4v) is 1.12. The molecule has 0 saturated carbocycles.